The summed E-state index contributed by atoms with van der Waals surface area (Å²) in [4.78, 5) is 0. The molecule has 4 rings (SSSR count). The molecule has 0 aromatic carbocycles. The molecule has 0 saturated heterocycles. The topological polar surface area (TPSA) is 20.2 Å². The summed E-state index contributed by atoms with van der Waals surface area (Å²) in [6.07, 6.45) is 13.5. The van der Waals surface area contributed by atoms with Crippen molar-refractivity contribution in [3.8, 4) is 0 Å². The van der Waals surface area contributed by atoms with Gasteiger partial charge in [0.25, 0.3) is 0 Å². The van der Waals surface area contributed by atoms with Crippen molar-refractivity contribution in [2.24, 2.45) is 58.2 Å². The zero-order valence-electron chi connectivity index (χ0n) is 20.9. The summed E-state index contributed by atoms with van der Waals surface area (Å²) in [6.45, 7) is 19.2. The van der Waals surface area contributed by atoms with Crippen molar-refractivity contribution in [2.75, 3.05) is 0 Å². The molecule has 0 aromatic heterocycles. The van der Waals surface area contributed by atoms with Gasteiger partial charge in [0.1, 0.15) is 0 Å². The number of aliphatic hydroxyl groups excluding tert-OH is 1. The predicted molar refractivity (Wildman–Crippen MR) is 128 cm³/mol. The summed E-state index contributed by atoms with van der Waals surface area (Å²) < 4.78 is 0. The van der Waals surface area contributed by atoms with E-state index in [1.807, 2.05) is 0 Å². The quantitative estimate of drug-likeness (QED) is 0.454. The first-order valence-electron chi connectivity index (χ1n) is 13.4. The molecular formula is C29H50O. The van der Waals surface area contributed by atoms with Gasteiger partial charge in [-0.15, -0.1) is 0 Å². The third-order valence-electron chi connectivity index (χ3n) is 11.7. The van der Waals surface area contributed by atoms with Crippen LogP contribution < -0.4 is 0 Å². The highest BCUT2D eigenvalue weighted by atomic mass is 16.3. The molecule has 10 atom stereocenters. The Labute approximate surface area is 187 Å². The molecule has 0 bridgehead atoms. The Bertz CT molecular complexity index is 636. The van der Waals surface area contributed by atoms with E-state index in [1.165, 1.54) is 63.4 Å². The molecule has 0 heterocycles. The maximum atomic E-state index is 10.5. The highest BCUT2D eigenvalue weighted by Crippen LogP contribution is 2.68. The van der Waals surface area contributed by atoms with Crippen LogP contribution in [0.5, 0.6) is 0 Å². The van der Waals surface area contributed by atoms with Crippen LogP contribution in [-0.4, -0.2) is 11.2 Å². The lowest BCUT2D eigenvalue weighted by atomic mass is 9.43. The average molecular weight is 415 g/mol. The van der Waals surface area contributed by atoms with Gasteiger partial charge in [0, 0.05) is 0 Å². The van der Waals surface area contributed by atoms with Gasteiger partial charge in [0.05, 0.1) is 6.10 Å². The Balaban J connectivity index is 1.48. The molecule has 4 fully saturated rings. The highest BCUT2D eigenvalue weighted by Gasteiger charge is 2.61. The van der Waals surface area contributed by atoms with Crippen LogP contribution in [0.4, 0.5) is 0 Å². The third kappa shape index (κ3) is 3.54. The Hall–Kier alpha value is -0.300. The standard InChI is InChI=1S/C29H50O/c1-18(2)19(3)8-9-20(4)23-12-13-25-22-10-11-24-21(5)27(30)15-17-29(24,7)26(22)14-16-28(23,25)6/h18,20-27,30H,3,8-17H2,1-2,4-7H3/t20-,21+,22+,23-,24+,25+,26+,27?,28-,29+/m1/s1. The molecule has 172 valence electrons. The van der Waals surface area contributed by atoms with Crippen molar-refractivity contribution in [3.05, 3.63) is 12.2 Å². The zero-order chi connectivity index (χ0) is 21.8. The highest BCUT2D eigenvalue weighted by molar-refractivity contribution is 5.10. The van der Waals surface area contributed by atoms with Crippen LogP contribution in [-0.2, 0) is 0 Å². The molecule has 0 aliphatic heterocycles. The average Bonchev–Trinajstić information content (AvgIpc) is 3.06. The van der Waals surface area contributed by atoms with Gasteiger partial charge in [-0.2, -0.15) is 0 Å². The van der Waals surface area contributed by atoms with E-state index in [0.717, 1.165) is 41.9 Å². The van der Waals surface area contributed by atoms with Gasteiger partial charge >= 0.3 is 0 Å². The summed E-state index contributed by atoms with van der Waals surface area (Å²) in [7, 11) is 0. The van der Waals surface area contributed by atoms with Crippen LogP contribution >= 0.6 is 0 Å². The molecule has 4 aliphatic rings. The van der Waals surface area contributed by atoms with Crippen molar-refractivity contribution >= 4 is 0 Å². The first-order valence-corrected chi connectivity index (χ1v) is 13.4. The van der Waals surface area contributed by atoms with Crippen LogP contribution in [0.1, 0.15) is 106 Å². The fourth-order valence-electron chi connectivity index (χ4n) is 9.59. The molecule has 0 radical (unpaired) electrons. The number of fused-ring (bicyclic) bond motifs is 5. The van der Waals surface area contributed by atoms with Gasteiger partial charge in [0.15, 0.2) is 0 Å². The maximum Gasteiger partial charge on any atom is 0.0568 e. The smallest absolute Gasteiger partial charge is 0.0568 e. The Morgan fingerprint density at radius 1 is 0.900 bits per heavy atom. The van der Waals surface area contributed by atoms with E-state index in [2.05, 4.69) is 48.1 Å². The first-order chi connectivity index (χ1) is 14.1. The Morgan fingerprint density at radius 2 is 1.53 bits per heavy atom. The second-order valence-electron chi connectivity index (χ2n) is 13.1. The third-order valence-corrected chi connectivity index (χ3v) is 11.7. The molecule has 4 aliphatic carbocycles. The second-order valence-corrected chi connectivity index (χ2v) is 13.1. The van der Waals surface area contributed by atoms with Gasteiger partial charge < -0.3 is 5.11 Å². The van der Waals surface area contributed by atoms with E-state index < -0.39 is 0 Å². The van der Waals surface area contributed by atoms with E-state index in [0.29, 0.717) is 22.7 Å². The normalized spacial score (nSPS) is 49.3. The number of rotatable bonds is 5. The summed E-state index contributed by atoms with van der Waals surface area (Å²) >= 11 is 0. The van der Waals surface area contributed by atoms with Gasteiger partial charge in [0.2, 0.25) is 0 Å². The molecule has 1 nitrogen and oxygen atoms in total. The van der Waals surface area contributed by atoms with Gasteiger partial charge in [-0.05, 0) is 122 Å². The van der Waals surface area contributed by atoms with E-state index in [9.17, 15) is 5.11 Å². The fraction of sp³-hybridized carbons (Fsp3) is 0.931. The van der Waals surface area contributed by atoms with Crippen LogP contribution in [0.25, 0.3) is 0 Å². The number of hydrogen-bond donors (Lipinski definition) is 1. The van der Waals surface area contributed by atoms with Crippen molar-refractivity contribution in [1.82, 2.24) is 0 Å². The molecule has 0 aromatic rings. The lowest BCUT2D eigenvalue weighted by Crippen LogP contribution is -2.56. The van der Waals surface area contributed by atoms with Crippen molar-refractivity contribution in [3.63, 3.8) is 0 Å². The minimum Gasteiger partial charge on any atom is -0.393 e. The second kappa shape index (κ2) is 8.24. The largest absolute Gasteiger partial charge is 0.393 e. The summed E-state index contributed by atoms with van der Waals surface area (Å²) in [5.74, 6) is 6.47. The minimum atomic E-state index is -0.0502. The molecule has 1 N–H and O–H groups in total. The summed E-state index contributed by atoms with van der Waals surface area (Å²) in [5, 5.41) is 10.5. The molecule has 0 spiro atoms. The Morgan fingerprint density at radius 3 is 2.23 bits per heavy atom. The number of hydrogen-bond acceptors (Lipinski definition) is 1. The maximum absolute atomic E-state index is 10.5. The van der Waals surface area contributed by atoms with Crippen LogP contribution in [0.2, 0.25) is 0 Å². The SMILES string of the molecule is C=C(CC[C@@H](C)[C@H]1CC[C@H]2[C@@H]3CC[C@H]4[C@H](C)C(O)CC[C@]4(C)[C@H]3CC[C@]12C)C(C)C. The Kier molecular flexibility index (Phi) is 6.28. The molecule has 1 heteroatoms. The van der Waals surface area contributed by atoms with Gasteiger partial charge in [-0.25, -0.2) is 0 Å². The lowest BCUT2D eigenvalue weighted by Gasteiger charge is -2.62. The van der Waals surface area contributed by atoms with Crippen LogP contribution in [0.3, 0.4) is 0 Å². The van der Waals surface area contributed by atoms with Gasteiger partial charge in [-0.1, -0.05) is 53.7 Å². The summed E-state index contributed by atoms with van der Waals surface area (Å²) in [5.41, 5.74) is 2.51. The van der Waals surface area contributed by atoms with E-state index >= 15 is 0 Å². The zero-order valence-corrected chi connectivity index (χ0v) is 20.9. The van der Waals surface area contributed by atoms with Crippen LogP contribution in [0, 0.1) is 58.2 Å². The van der Waals surface area contributed by atoms with Crippen molar-refractivity contribution in [1.29, 1.82) is 0 Å². The summed E-state index contributed by atoms with van der Waals surface area (Å²) in [6, 6.07) is 0. The van der Waals surface area contributed by atoms with Gasteiger partial charge in [-0.3, -0.25) is 0 Å². The monoisotopic (exact) mass is 414 g/mol. The lowest BCUT2D eigenvalue weighted by molar-refractivity contribution is -0.149. The van der Waals surface area contributed by atoms with Crippen LogP contribution in [0.15, 0.2) is 12.2 Å². The fourth-order valence-corrected chi connectivity index (χ4v) is 9.59. The molecule has 0 amide bonds. The van der Waals surface area contributed by atoms with E-state index in [-0.39, 0.29) is 6.10 Å². The van der Waals surface area contributed by atoms with Crippen molar-refractivity contribution < 1.29 is 5.11 Å². The van der Waals surface area contributed by atoms with E-state index in [1.54, 1.807) is 0 Å². The number of aliphatic hydroxyl groups is 1. The predicted octanol–water partition coefficient (Wildman–Crippen LogP) is 7.88. The molecule has 1 unspecified atom stereocenters. The molecular weight excluding hydrogens is 364 g/mol. The first kappa shape index (κ1) is 22.9. The molecule has 30 heavy (non-hydrogen) atoms. The number of allylic oxidation sites excluding steroid dienone is 1. The molecule has 4 saturated carbocycles. The minimum absolute atomic E-state index is 0.0502. The van der Waals surface area contributed by atoms with Crippen molar-refractivity contribution in [2.45, 2.75) is 112 Å². The van der Waals surface area contributed by atoms with E-state index in [4.69, 9.17) is 0 Å².